The zero-order valence-electron chi connectivity index (χ0n) is 16.8. The topological polar surface area (TPSA) is 107 Å². The third-order valence-corrected chi connectivity index (χ3v) is 4.37. The third kappa shape index (κ3) is 5.45. The molecule has 0 bridgehead atoms. The molecule has 0 atom stereocenters. The monoisotopic (exact) mass is 438 g/mol. The minimum atomic E-state index is -0.704. The van der Waals surface area contributed by atoms with E-state index in [-0.39, 0.29) is 13.6 Å². The Bertz CT molecular complexity index is 1020. The zero-order valence-corrected chi connectivity index (χ0v) is 16.8. The summed E-state index contributed by atoms with van der Waals surface area (Å²) in [5.74, 6) is 0.483. The number of Topliss-reactive ketones (excluding diaryl/α,β-unsaturated/α-hetero) is 1. The van der Waals surface area contributed by atoms with Crippen molar-refractivity contribution in [3.8, 4) is 23.0 Å². The number of ether oxygens (including phenoxy) is 6. The molecule has 164 valence electrons. The molecule has 9 nitrogen and oxygen atoms in total. The van der Waals surface area contributed by atoms with E-state index >= 15 is 0 Å². The Morgan fingerprint density at radius 2 is 1.12 bits per heavy atom. The number of benzene rings is 2. The molecule has 2 heterocycles. The molecule has 4 rings (SSSR count). The molecule has 0 saturated heterocycles. The minimum absolute atomic E-state index is 0.158. The molecule has 0 unspecified atom stereocenters. The number of rotatable bonds is 8. The van der Waals surface area contributed by atoms with E-state index < -0.39 is 30.9 Å². The summed E-state index contributed by atoms with van der Waals surface area (Å²) < 4.78 is 30.7. The van der Waals surface area contributed by atoms with E-state index in [1.54, 1.807) is 36.4 Å². The molecule has 0 N–H and O–H groups in total. The van der Waals surface area contributed by atoms with Crippen LogP contribution in [-0.2, 0) is 23.9 Å². The Hall–Kier alpha value is -4.27. The van der Waals surface area contributed by atoms with Crippen LogP contribution in [0, 0.1) is 0 Å². The molecule has 9 heteroatoms. The molecule has 0 fully saturated rings. The average molecular weight is 438 g/mol. The Morgan fingerprint density at radius 3 is 1.59 bits per heavy atom. The summed E-state index contributed by atoms with van der Waals surface area (Å²) in [5.41, 5.74) is 1.42. The summed E-state index contributed by atoms with van der Waals surface area (Å²) in [7, 11) is 0. The third-order valence-electron chi connectivity index (χ3n) is 4.37. The SMILES string of the molecule is O=C(COC(=O)C=Cc1ccc2c(c1)OCO2)COC(=O)C=Cc1ccc2c(c1)OCO2. The number of hydrogen-bond donors (Lipinski definition) is 0. The number of hydrogen-bond acceptors (Lipinski definition) is 9. The highest BCUT2D eigenvalue weighted by Crippen LogP contribution is 2.33. The predicted octanol–water partition coefficient (Wildman–Crippen LogP) is 2.53. The number of esters is 2. The second-order valence-electron chi connectivity index (χ2n) is 6.65. The lowest BCUT2D eigenvalue weighted by Crippen LogP contribution is -2.19. The molecular formula is C23H18O9. The Kier molecular flexibility index (Phi) is 6.35. The molecule has 2 aromatic carbocycles. The van der Waals surface area contributed by atoms with Crippen molar-refractivity contribution in [1.29, 1.82) is 0 Å². The van der Waals surface area contributed by atoms with Crippen LogP contribution in [0.1, 0.15) is 11.1 Å². The number of carbonyl (C=O) groups excluding carboxylic acids is 3. The number of carbonyl (C=O) groups is 3. The van der Waals surface area contributed by atoms with Crippen molar-refractivity contribution in [2.75, 3.05) is 26.8 Å². The quantitative estimate of drug-likeness (QED) is 0.454. The van der Waals surface area contributed by atoms with Crippen LogP contribution in [0.2, 0.25) is 0 Å². The molecular weight excluding hydrogens is 420 g/mol. The van der Waals surface area contributed by atoms with Crippen molar-refractivity contribution >= 4 is 29.9 Å². The summed E-state index contributed by atoms with van der Waals surface area (Å²) in [5, 5.41) is 0. The Morgan fingerprint density at radius 1 is 0.688 bits per heavy atom. The van der Waals surface area contributed by atoms with Gasteiger partial charge in [-0.2, -0.15) is 0 Å². The molecule has 0 saturated carbocycles. The van der Waals surface area contributed by atoms with E-state index in [1.165, 1.54) is 24.3 Å². The van der Waals surface area contributed by atoms with Crippen LogP contribution in [0.4, 0.5) is 0 Å². The first-order chi connectivity index (χ1) is 15.6. The normalized spacial score (nSPS) is 13.5. The maximum Gasteiger partial charge on any atom is 0.331 e. The van der Waals surface area contributed by atoms with Crippen molar-refractivity contribution in [2.24, 2.45) is 0 Å². The highest BCUT2D eigenvalue weighted by molar-refractivity contribution is 5.92. The molecule has 0 aromatic heterocycles. The molecule has 2 aliphatic heterocycles. The van der Waals surface area contributed by atoms with Crippen molar-refractivity contribution < 1.29 is 42.8 Å². The van der Waals surface area contributed by atoms with Gasteiger partial charge >= 0.3 is 11.9 Å². The highest BCUT2D eigenvalue weighted by atomic mass is 16.7. The molecule has 0 radical (unpaired) electrons. The summed E-state index contributed by atoms with van der Waals surface area (Å²) in [6.07, 6.45) is 5.42. The van der Waals surface area contributed by atoms with Gasteiger partial charge in [-0.15, -0.1) is 0 Å². The van der Waals surface area contributed by atoms with Crippen molar-refractivity contribution in [2.45, 2.75) is 0 Å². The minimum Gasteiger partial charge on any atom is -0.454 e. The fourth-order valence-corrected chi connectivity index (χ4v) is 2.80. The van der Waals surface area contributed by atoms with Crippen LogP contribution in [0.15, 0.2) is 48.6 Å². The summed E-state index contributed by atoms with van der Waals surface area (Å²) in [4.78, 5) is 35.3. The average Bonchev–Trinajstić information content (AvgIpc) is 3.47. The second kappa shape index (κ2) is 9.69. The van der Waals surface area contributed by atoms with Crippen LogP contribution in [0.25, 0.3) is 12.2 Å². The zero-order chi connectivity index (χ0) is 22.3. The van der Waals surface area contributed by atoms with Gasteiger partial charge in [0, 0.05) is 12.2 Å². The maximum absolute atomic E-state index is 11.8. The fourth-order valence-electron chi connectivity index (χ4n) is 2.80. The lowest BCUT2D eigenvalue weighted by atomic mass is 10.2. The van der Waals surface area contributed by atoms with Gasteiger partial charge in [0.15, 0.2) is 36.2 Å². The molecule has 2 aromatic rings. The predicted molar refractivity (Wildman–Crippen MR) is 110 cm³/mol. The van der Waals surface area contributed by atoms with Gasteiger partial charge in [-0.05, 0) is 47.5 Å². The molecule has 2 aliphatic rings. The molecule has 32 heavy (non-hydrogen) atoms. The lowest BCUT2D eigenvalue weighted by Gasteiger charge is -2.03. The van der Waals surface area contributed by atoms with E-state index in [1.807, 2.05) is 0 Å². The van der Waals surface area contributed by atoms with E-state index in [0.717, 1.165) is 0 Å². The van der Waals surface area contributed by atoms with Crippen molar-refractivity contribution in [3.05, 3.63) is 59.7 Å². The first-order valence-corrected chi connectivity index (χ1v) is 9.57. The summed E-state index contributed by atoms with van der Waals surface area (Å²) in [6.45, 7) is -0.705. The van der Waals surface area contributed by atoms with E-state index in [2.05, 4.69) is 0 Å². The van der Waals surface area contributed by atoms with Gasteiger partial charge in [0.1, 0.15) is 0 Å². The van der Waals surface area contributed by atoms with Gasteiger partial charge in [0.2, 0.25) is 19.4 Å². The largest absolute Gasteiger partial charge is 0.454 e. The molecule has 0 spiro atoms. The van der Waals surface area contributed by atoms with Crippen LogP contribution in [0.3, 0.4) is 0 Å². The molecule has 0 aliphatic carbocycles. The van der Waals surface area contributed by atoms with Gasteiger partial charge in [-0.3, -0.25) is 4.79 Å². The summed E-state index contributed by atoms with van der Waals surface area (Å²) in [6, 6.07) is 10.4. The van der Waals surface area contributed by atoms with E-state index in [4.69, 9.17) is 28.4 Å². The lowest BCUT2D eigenvalue weighted by molar-refractivity contribution is -0.148. The number of ketones is 1. The summed E-state index contributed by atoms with van der Waals surface area (Å²) >= 11 is 0. The first kappa shape index (κ1) is 21.0. The van der Waals surface area contributed by atoms with Crippen LogP contribution < -0.4 is 18.9 Å². The fraction of sp³-hybridized carbons (Fsp3) is 0.174. The maximum atomic E-state index is 11.8. The highest BCUT2D eigenvalue weighted by Gasteiger charge is 2.14. The van der Waals surface area contributed by atoms with Crippen molar-refractivity contribution in [1.82, 2.24) is 0 Å². The van der Waals surface area contributed by atoms with Crippen LogP contribution in [0.5, 0.6) is 23.0 Å². The Labute approximate surface area is 182 Å². The van der Waals surface area contributed by atoms with Gasteiger partial charge in [0.25, 0.3) is 0 Å². The first-order valence-electron chi connectivity index (χ1n) is 9.57. The molecule has 0 amide bonds. The van der Waals surface area contributed by atoms with Crippen molar-refractivity contribution in [3.63, 3.8) is 0 Å². The number of fused-ring (bicyclic) bond motifs is 2. The van der Waals surface area contributed by atoms with E-state index in [9.17, 15) is 14.4 Å². The van der Waals surface area contributed by atoms with Gasteiger partial charge in [-0.1, -0.05) is 12.1 Å². The van der Waals surface area contributed by atoms with Crippen LogP contribution >= 0.6 is 0 Å². The standard InChI is InChI=1S/C23H18O9/c24-17(11-27-22(25)7-3-15-1-5-18-20(9-15)31-13-29-18)12-28-23(26)8-4-16-2-6-19-21(10-16)32-14-30-19/h1-10H,11-14H2. The van der Waals surface area contributed by atoms with Crippen LogP contribution in [-0.4, -0.2) is 44.5 Å². The van der Waals surface area contributed by atoms with E-state index in [0.29, 0.717) is 34.1 Å². The van der Waals surface area contributed by atoms with Gasteiger partial charge in [-0.25, -0.2) is 9.59 Å². The van der Waals surface area contributed by atoms with Gasteiger partial charge < -0.3 is 28.4 Å². The second-order valence-corrected chi connectivity index (χ2v) is 6.65. The Balaban J connectivity index is 1.17. The smallest absolute Gasteiger partial charge is 0.331 e. The van der Waals surface area contributed by atoms with Gasteiger partial charge in [0.05, 0.1) is 0 Å².